The second kappa shape index (κ2) is 9.76. The summed E-state index contributed by atoms with van der Waals surface area (Å²) in [4.78, 5) is 24.5. The summed E-state index contributed by atoms with van der Waals surface area (Å²) in [6.07, 6.45) is 4.28. The van der Waals surface area contributed by atoms with Gasteiger partial charge in [0.2, 0.25) is 0 Å². The summed E-state index contributed by atoms with van der Waals surface area (Å²) in [6.45, 7) is 3.90. The summed E-state index contributed by atoms with van der Waals surface area (Å²) in [7, 11) is 5.58. The van der Waals surface area contributed by atoms with Crippen molar-refractivity contribution in [2.24, 2.45) is 0 Å². The molecule has 1 amide bonds. The van der Waals surface area contributed by atoms with Gasteiger partial charge in [-0.05, 0) is 73.0 Å². The van der Waals surface area contributed by atoms with E-state index in [2.05, 4.69) is 35.1 Å². The highest BCUT2D eigenvalue weighted by Gasteiger charge is 2.20. The van der Waals surface area contributed by atoms with Crippen LogP contribution in [0.3, 0.4) is 0 Å². The smallest absolute Gasteiger partial charge is 0.253 e. The zero-order valence-electron chi connectivity index (χ0n) is 21.2. The minimum absolute atomic E-state index is 0.114. The van der Waals surface area contributed by atoms with Gasteiger partial charge >= 0.3 is 0 Å². The highest BCUT2D eigenvalue weighted by molar-refractivity contribution is 5.98. The standard InChI is InChI=1S/C29H32N4O3/c1-18(34)16-33(3)29(35)20-7-5-19(6-8-20)26-15-31-28-25(26)12-22(14-30-28)21-11-23-17-32(2)10-9-24(23)27(13-21)36-4/h5-8,11-15,18,34H,9-10,16-17H2,1-4H3,(H,30,31)/t18-/m0/s1. The Morgan fingerprint density at radius 2 is 1.97 bits per heavy atom. The number of hydrogen-bond acceptors (Lipinski definition) is 5. The minimum atomic E-state index is -0.567. The highest BCUT2D eigenvalue weighted by Crippen LogP contribution is 2.36. The van der Waals surface area contributed by atoms with E-state index in [0.29, 0.717) is 12.1 Å². The SMILES string of the molecule is COc1cc(-c2cnc3[nH]cc(-c4ccc(C(=O)N(C)C[C@H](C)O)cc4)c3c2)cc2c1CCN(C)C2. The largest absolute Gasteiger partial charge is 0.496 e. The van der Waals surface area contributed by atoms with Gasteiger partial charge in [-0.1, -0.05) is 12.1 Å². The Morgan fingerprint density at radius 1 is 1.19 bits per heavy atom. The molecule has 0 spiro atoms. The van der Waals surface area contributed by atoms with Crippen LogP contribution in [0, 0.1) is 0 Å². The van der Waals surface area contributed by atoms with E-state index in [-0.39, 0.29) is 5.91 Å². The molecule has 2 aromatic heterocycles. The highest BCUT2D eigenvalue weighted by atomic mass is 16.5. The van der Waals surface area contributed by atoms with Crippen molar-refractivity contribution < 1.29 is 14.6 Å². The molecule has 7 nitrogen and oxygen atoms in total. The molecule has 1 aliphatic heterocycles. The molecule has 1 aliphatic rings. The summed E-state index contributed by atoms with van der Waals surface area (Å²) in [5.41, 5.74) is 8.15. The molecule has 0 bridgehead atoms. The number of hydrogen-bond donors (Lipinski definition) is 2. The fourth-order valence-corrected chi connectivity index (χ4v) is 5.04. The number of rotatable bonds is 6. The van der Waals surface area contributed by atoms with Crippen LogP contribution in [-0.2, 0) is 13.0 Å². The predicted molar refractivity (Wildman–Crippen MR) is 142 cm³/mol. The van der Waals surface area contributed by atoms with E-state index in [4.69, 9.17) is 9.72 Å². The van der Waals surface area contributed by atoms with Gasteiger partial charge in [0.15, 0.2) is 0 Å². The number of aliphatic hydroxyl groups is 1. The topological polar surface area (TPSA) is 81.7 Å². The van der Waals surface area contributed by atoms with Crippen LogP contribution >= 0.6 is 0 Å². The average Bonchev–Trinajstić information content (AvgIpc) is 3.30. The molecule has 0 radical (unpaired) electrons. The van der Waals surface area contributed by atoms with E-state index in [1.165, 1.54) is 16.0 Å². The number of likely N-dealkylation sites (N-methyl/N-ethyl adjacent to an activating group) is 2. The third-order valence-electron chi connectivity index (χ3n) is 6.90. The number of benzene rings is 2. The van der Waals surface area contributed by atoms with Gasteiger partial charge in [-0.2, -0.15) is 0 Å². The van der Waals surface area contributed by atoms with Gasteiger partial charge in [0, 0.05) is 61.2 Å². The molecule has 0 saturated carbocycles. The zero-order chi connectivity index (χ0) is 25.4. The molecular weight excluding hydrogens is 452 g/mol. The Bertz CT molecular complexity index is 1410. The van der Waals surface area contributed by atoms with Crippen LogP contribution in [0.4, 0.5) is 0 Å². The van der Waals surface area contributed by atoms with Crippen LogP contribution in [-0.4, -0.2) is 71.2 Å². The van der Waals surface area contributed by atoms with Crippen molar-refractivity contribution in [1.82, 2.24) is 19.8 Å². The molecule has 0 saturated heterocycles. The second-order valence-electron chi connectivity index (χ2n) is 9.74. The number of aromatic nitrogens is 2. The lowest BCUT2D eigenvalue weighted by Crippen LogP contribution is -2.32. The first kappa shape index (κ1) is 24.0. The molecule has 2 N–H and O–H groups in total. The third-order valence-corrected chi connectivity index (χ3v) is 6.90. The normalized spacial score (nSPS) is 14.5. The lowest BCUT2D eigenvalue weighted by Gasteiger charge is -2.27. The molecule has 36 heavy (non-hydrogen) atoms. The van der Waals surface area contributed by atoms with Crippen LogP contribution in [0.5, 0.6) is 5.75 Å². The van der Waals surface area contributed by atoms with E-state index in [1.54, 1.807) is 21.1 Å². The van der Waals surface area contributed by atoms with Crippen LogP contribution in [0.2, 0.25) is 0 Å². The fraction of sp³-hybridized carbons (Fsp3) is 0.310. The van der Waals surface area contributed by atoms with Gasteiger partial charge < -0.3 is 24.6 Å². The number of aliphatic hydroxyl groups excluding tert-OH is 1. The van der Waals surface area contributed by atoms with Crippen LogP contribution in [0.25, 0.3) is 33.3 Å². The number of nitrogens with one attached hydrogen (secondary N) is 1. The van der Waals surface area contributed by atoms with E-state index in [1.807, 2.05) is 36.7 Å². The summed E-state index contributed by atoms with van der Waals surface area (Å²) in [5.74, 6) is 0.822. The molecule has 0 fully saturated rings. The molecule has 1 atom stereocenters. The van der Waals surface area contributed by atoms with Crippen molar-refractivity contribution in [1.29, 1.82) is 0 Å². The van der Waals surface area contributed by atoms with Crippen molar-refractivity contribution in [3.63, 3.8) is 0 Å². The second-order valence-corrected chi connectivity index (χ2v) is 9.74. The quantitative estimate of drug-likeness (QED) is 0.425. The molecule has 3 heterocycles. The van der Waals surface area contributed by atoms with Crippen molar-refractivity contribution in [3.8, 4) is 28.0 Å². The van der Waals surface area contributed by atoms with Gasteiger partial charge in [0.05, 0.1) is 13.2 Å². The number of H-pyrrole nitrogens is 1. The number of aromatic amines is 1. The van der Waals surface area contributed by atoms with E-state index < -0.39 is 6.10 Å². The number of methoxy groups -OCH3 is 1. The van der Waals surface area contributed by atoms with Crippen molar-refractivity contribution >= 4 is 16.9 Å². The molecule has 0 aliphatic carbocycles. The maximum Gasteiger partial charge on any atom is 0.253 e. The number of amides is 1. The van der Waals surface area contributed by atoms with Crippen molar-refractivity contribution in [2.75, 3.05) is 34.3 Å². The summed E-state index contributed by atoms with van der Waals surface area (Å²) in [5, 5.41) is 10.6. The number of ether oxygens (including phenoxy) is 1. The van der Waals surface area contributed by atoms with Crippen LogP contribution in [0.15, 0.2) is 54.9 Å². The summed E-state index contributed by atoms with van der Waals surface area (Å²) < 4.78 is 5.75. The number of carbonyl (C=O) groups excluding carboxylic acids is 1. The number of pyridine rings is 1. The number of fused-ring (bicyclic) bond motifs is 2. The Hall–Kier alpha value is -3.68. The number of carbonyl (C=O) groups is 1. The first-order chi connectivity index (χ1) is 17.3. The van der Waals surface area contributed by atoms with Gasteiger partial charge in [-0.25, -0.2) is 4.98 Å². The van der Waals surface area contributed by atoms with Crippen molar-refractivity contribution in [3.05, 3.63) is 71.5 Å². The molecule has 5 rings (SSSR count). The predicted octanol–water partition coefficient (Wildman–Crippen LogP) is 4.35. The third kappa shape index (κ3) is 4.59. The molecular formula is C29H32N4O3. The maximum atomic E-state index is 12.7. The Labute approximate surface area is 211 Å². The molecule has 2 aromatic carbocycles. The fourth-order valence-electron chi connectivity index (χ4n) is 5.04. The Balaban J connectivity index is 1.48. The molecule has 186 valence electrons. The van der Waals surface area contributed by atoms with E-state index in [0.717, 1.165) is 58.5 Å². The minimum Gasteiger partial charge on any atom is -0.496 e. The lowest BCUT2D eigenvalue weighted by molar-refractivity contribution is 0.0703. The molecule has 7 heteroatoms. The lowest BCUT2D eigenvalue weighted by atomic mass is 9.93. The van der Waals surface area contributed by atoms with Gasteiger partial charge in [-0.15, -0.1) is 0 Å². The van der Waals surface area contributed by atoms with Crippen LogP contribution < -0.4 is 4.74 Å². The van der Waals surface area contributed by atoms with Crippen molar-refractivity contribution in [2.45, 2.75) is 26.0 Å². The van der Waals surface area contributed by atoms with E-state index in [9.17, 15) is 9.90 Å². The monoisotopic (exact) mass is 484 g/mol. The summed E-state index contributed by atoms with van der Waals surface area (Å²) >= 11 is 0. The van der Waals surface area contributed by atoms with Crippen LogP contribution in [0.1, 0.15) is 28.4 Å². The zero-order valence-corrected chi connectivity index (χ0v) is 21.2. The first-order valence-electron chi connectivity index (χ1n) is 12.2. The summed E-state index contributed by atoms with van der Waals surface area (Å²) in [6, 6.07) is 14.1. The van der Waals surface area contributed by atoms with Gasteiger partial charge in [0.25, 0.3) is 5.91 Å². The average molecular weight is 485 g/mol. The Kier molecular flexibility index (Phi) is 6.51. The van der Waals surface area contributed by atoms with Gasteiger partial charge in [0.1, 0.15) is 11.4 Å². The first-order valence-corrected chi connectivity index (χ1v) is 12.2. The van der Waals surface area contributed by atoms with E-state index >= 15 is 0 Å². The Morgan fingerprint density at radius 3 is 2.69 bits per heavy atom. The number of nitrogens with zero attached hydrogens (tertiary/aromatic N) is 3. The van der Waals surface area contributed by atoms with Gasteiger partial charge in [-0.3, -0.25) is 4.79 Å². The maximum absolute atomic E-state index is 12.7. The molecule has 0 unspecified atom stereocenters. The molecule has 4 aromatic rings.